The van der Waals surface area contributed by atoms with E-state index in [4.69, 9.17) is 39.5 Å². The number of anilines is 1. The molecular weight excluding hydrogens is 473 g/mol. The lowest BCUT2D eigenvalue weighted by atomic mass is 9.96. The number of nitro benzene ring substituents is 2. The predicted octanol–water partition coefficient (Wildman–Crippen LogP) is 5.11. The minimum atomic E-state index is -2.48. The van der Waals surface area contributed by atoms with Gasteiger partial charge in [-0.2, -0.15) is 0 Å². The average Bonchev–Trinajstić information content (AvgIpc) is 3.25. The summed E-state index contributed by atoms with van der Waals surface area (Å²) in [5, 5.41) is 23.9. The van der Waals surface area contributed by atoms with Crippen molar-refractivity contribution in [1.29, 1.82) is 0 Å². The molecule has 2 aromatic carbocycles. The zero-order chi connectivity index (χ0) is 22.8. The number of carbonyl (C=O) groups excluding carboxylic acids is 1. The molecule has 0 aliphatic carbocycles. The monoisotopic (exact) mass is 487 g/mol. The lowest BCUT2D eigenvalue weighted by molar-refractivity contribution is -0.395. The van der Waals surface area contributed by atoms with E-state index in [-0.39, 0.29) is 11.3 Å². The molecule has 1 saturated heterocycles. The van der Waals surface area contributed by atoms with E-state index < -0.39 is 42.7 Å². The van der Waals surface area contributed by atoms with Crippen molar-refractivity contribution >= 4 is 57.8 Å². The second-order valence-electron chi connectivity index (χ2n) is 6.77. The van der Waals surface area contributed by atoms with Gasteiger partial charge < -0.3 is 9.64 Å². The maximum atomic E-state index is 12.4. The van der Waals surface area contributed by atoms with Crippen molar-refractivity contribution in [3.63, 3.8) is 0 Å². The summed E-state index contributed by atoms with van der Waals surface area (Å²) in [5.74, 6) is -1.32. The molecule has 0 amide bonds. The van der Waals surface area contributed by atoms with E-state index in [0.717, 1.165) is 18.9 Å². The molecule has 0 radical (unpaired) electrons. The third-order valence-electron chi connectivity index (χ3n) is 4.82. The number of ether oxygens (including phenoxy) is 1. The molecule has 31 heavy (non-hydrogen) atoms. The summed E-state index contributed by atoms with van der Waals surface area (Å²) in [5.41, 5.74) is -1.06. The van der Waals surface area contributed by atoms with Crippen molar-refractivity contribution < 1.29 is 19.4 Å². The SMILES string of the molecule is O=C(OC(c1ccccc1)c1c([N+](=O)[O-])ccc(N2CCCC2)c1[N+](=O)[O-])C(Cl)(Cl)Cl. The highest BCUT2D eigenvalue weighted by Crippen LogP contribution is 2.46. The fourth-order valence-corrected chi connectivity index (χ4v) is 3.64. The Hall–Kier alpha value is -2.62. The molecule has 3 rings (SSSR count). The second-order valence-corrected chi connectivity index (χ2v) is 9.05. The maximum absolute atomic E-state index is 12.4. The third-order valence-corrected chi connectivity index (χ3v) is 5.28. The van der Waals surface area contributed by atoms with Crippen LogP contribution in [-0.2, 0) is 9.53 Å². The van der Waals surface area contributed by atoms with Crippen LogP contribution in [-0.4, -0.2) is 32.7 Å². The summed E-state index contributed by atoms with van der Waals surface area (Å²) < 4.78 is 2.84. The molecule has 1 heterocycles. The smallest absolute Gasteiger partial charge is 0.359 e. The van der Waals surface area contributed by atoms with Crippen molar-refractivity contribution in [2.45, 2.75) is 22.7 Å². The number of rotatable bonds is 6. The van der Waals surface area contributed by atoms with Crippen molar-refractivity contribution in [2.75, 3.05) is 18.0 Å². The summed E-state index contributed by atoms with van der Waals surface area (Å²) in [6, 6.07) is 10.4. The molecule has 164 valence electrons. The number of halogens is 3. The topological polar surface area (TPSA) is 116 Å². The quantitative estimate of drug-likeness (QED) is 0.240. The summed E-state index contributed by atoms with van der Waals surface area (Å²) >= 11 is 16.9. The summed E-state index contributed by atoms with van der Waals surface area (Å²) in [6.45, 7) is 1.12. The van der Waals surface area contributed by atoms with Gasteiger partial charge in [-0.1, -0.05) is 65.1 Å². The number of alkyl halides is 3. The van der Waals surface area contributed by atoms with Crippen LogP contribution in [0.4, 0.5) is 17.1 Å². The first-order valence-electron chi connectivity index (χ1n) is 9.14. The van der Waals surface area contributed by atoms with E-state index in [1.807, 2.05) is 0 Å². The van der Waals surface area contributed by atoms with Crippen LogP contribution in [0.25, 0.3) is 0 Å². The van der Waals surface area contributed by atoms with E-state index in [1.54, 1.807) is 23.1 Å². The molecule has 0 bridgehead atoms. The first-order chi connectivity index (χ1) is 14.6. The van der Waals surface area contributed by atoms with E-state index in [9.17, 15) is 25.0 Å². The minimum Gasteiger partial charge on any atom is -0.449 e. The van der Waals surface area contributed by atoms with Gasteiger partial charge in [-0.15, -0.1) is 0 Å². The maximum Gasteiger partial charge on any atom is 0.359 e. The van der Waals surface area contributed by atoms with E-state index >= 15 is 0 Å². The Balaban J connectivity index is 2.29. The standard InChI is InChI=1S/C19H16Cl3N3O6/c20-19(21,22)18(26)31-17(12-6-2-1-3-7-12)15-13(24(27)28)8-9-14(16(15)25(29)30)23-10-4-5-11-23/h1-3,6-9,17H,4-5,10-11H2. The van der Waals surface area contributed by atoms with Crippen LogP contribution in [0.5, 0.6) is 0 Å². The van der Waals surface area contributed by atoms with Gasteiger partial charge in [-0.25, -0.2) is 4.79 Å². The fraction of sp³-hybridized carbons (Fsp3) is 0.316. The molecule has 1 aliphatic heterocycles. The predicted molar refractivity (Wildman–Crippen MR) is 116 cm³/mol. The van der Waals surface area contributed by atoms with Crippen LogP contribution in [0.1, 0.15) is 30.1 Å². The van der Waals surface area contributed by atoms with Gasteiger partial charge >= 0.3 is 11.7 Å². The Labute approximate surface area is 191 Å². The Bertz CT molecular complexity index is 1010. The van der Waals surface area contributed by atoms with Crippen LogP contribution < -0.4 is 4.90 Å². The molecule has 1 unspecified atom stereocenters. The minimum absolute atomic E-state index is 0.203. The largest absolute Gasteiger partial charge is 0.449 e. The summed E-state index contributed by atoms with van der Waals surface area (Å²) in [6.07, 6.45) is 0.106. The van der Waals surface area contributed by atoms with Crippen LogP contribution in [0.3, 0.4) is 0 Å². The zero-order valence-corrected chi connectivity index (χ0v) is 18.1. The van der Waals surface area contributed by atoms with Gasteiger partial charge in [0.2, 0.25) is 0 Å². The van der Waals surface area contributed by atoms with Gasteiger partial charge in [0.05, 0.1) is 9.85 Å². The lowest BCUT2D eigenvalue weighted by Gasteiger charge is -2.24. The molecule has 0 aromatic heterocycles. The second kappa shape index (κ2) is 9.25. The molecule has 12 heteroatoms. The zero-order valence-electron chi connectivity index (χ0n) is 15.9. The Kier molecular flexibility index (Phi) is 6.88. The summed E-state index contributed by atoms with van der Waals surface area (Å²) in [4.78, 5) is 36.6. The first kappa shape index (κ1) is 23.1. The number of benzene rings is 2. The highest BCUT2D eigenvalue weighted by atomic mass is 35.6. The van der Waals surface area contributed by atoms with E-state index in [2.05, 4.69) is 0 Å². The summed E-state index contributed by atoms with van der Waals surface area (Å²) in [7, 11) is 0. The van der Waals surface area contributed by atoms with Gasteiger partial charge in [0, 0.05) is 19.2 Å². The number of hydrogen-bond acceptors (Lipinski definition) is 7. The first-order valence-corrected chi connectivity index (χ1v) is 10.3. The highest BCUT2D eigenvalue weighted by Gasteiger charge is 2.42. The molecule has 1 atom stereocenters. The molecule has 0 spiro atoms. The number of nitrogens with zero attached hydrogens (tertiary/aromatic N) is 3. The Morgan fingerprint density at radius 3 is 2.13 bits per heavy atom. The lowest BCUT2D eigenvalue weighted by Crippen LogP contribution is -2.26. The van der Waals surface area contributed by atoms with Gasteiger partial charge in [0.25, 0.3) is 9.48 Å². The van der Waals surface area contributed by atoms with E-state index in [0.29, 0.717) is 13.1 Å². The van der Waals surface area contributed by atoms with E-state index in [1.165, 1.54) is 18.2 Å². The van der Waals surface area contributed by atoms with Crippen molar-refractivity contribution in [1.82, 2.24) is 0 Å². The van der Waals surface area contributed by atoms with Crippen LogP contribution in [0, 0.1) is 20.2 Å². The molecule has 0 N–H and O–H groups in total. The fourth-order valence-electron chi connectivity index (χ4n) is 3.50. The van der Waals surface area contributed by atoms with Gasteiger partial charge in [0.15, 0.2) is 11.7 Å². The van der Waals surface area contributed by atoms with Crippen LogP contribution >= 0.6 is 34.8 Å². The number of nitro groups is 2. The van der Waals surface area contributed by atoms with Crippen LogP contribution in [0.15, 0.2) is 42.5 Å². The molecule has 9 nitrogen and oxygen atoms in total. The molecule has 1 fully saturated rings. The highest BCUT2D eigenvalue weighted by molar-refractivity contribution is 6.75. The number of hydrogen-bond donors (Lipinski definition) is 0. The molecule has 1 aliphatic rings. The van der Waals surface area contributed by atoms with Crippen LogP contribution in [0.2, 0.25) is 0 Å². The Morgan fingerprint density at radius 1 is 1.00 bits per heavy atom. The normalized spacial score (nSPS) is 14.9. The van der Waals surface area contributed by atoms with Gasteiger partial charge in [-0.05, 0) is 24.5 Å². The van der Waals surface area contributed by atoms with Gasteiger partial charge in [0.1, 0.15) is 5.69 Å². The number of carbonyl (C=O) groups is 1. The van der Waals surface area contributed by atoms with Crippen molar-refractivity contribution in [3.05, 3.63) is 73.8 Å². The molecule has 2 aromatic rings. The average molecular weight is 489 g/mol. The third kappa shape index (κ3) is 5.00. The van der Waals surface area contributed by atoms with Crippen molar-refractivity contribution in [2.24, 2.45) is 0 Å². The molecule has 0 saturated carbocycles. The molecular formula is C19H16Cl3N3O6. The Morgan fingerprint density at radius 2 is 1.61 bits per heavy atom. The van der Waals surface area contributed by atoms with Gasteiger partial charge in [-0.3, -0.25) is 20.2 Å². The number of esters is 1. The van der Waals surface area contributed by atoms with Crippen molar-refractivity contribution in [3.8, 4) is 0 Å².